The molecule has 21 heavy (non-hydrogen) atoms. The first-order valence-corrected chi connectivity index (χ1v) is 8.83. The predicted octanol–water partition coefficient (Wildman–Crippen LogP) is 3.76. The minimum atomic E-state index is 0.720. The second-order valence-electron chi connectivity index (χ2n) is 6.11. The fourth-order valence-corrected chi connectivity index (χ4v) is 3.53. The maximum Gasteiger partial charge on any atom is 0.0951 e. The molecule has 0 aliphatic heterocycles. The standard InChI is InChI=1S/C17H21N3S/c1-2-13(9-19-14-4-5-14)8-17(3-1)21-11-16-10-18-12-20(16)15-6-7-15/h1-3,8,10,12,14-15,19H,4-7,9,11H2. The molecule has 2 saturated carbocycles. The second-order valence-corrected chi connectivity index (χ2v) is 7.16. The van der Waals surface area contributed by atoms with Crippen molar-refractivity contribution in [2.45, 2.75) is 55.0 Å². The average Bonchev–Trinajstić information content (AvgIpc) is 3.43. The molecule has 4 rings (SSSR count). The molecule has 1 aromatic heterocycles. The maximum atomic E-state index is 4.31. The molecule has 1 heterocycles. The molecule has 0 radical (unpaired) electrons. The topological polar surface area (TPSA) is 29.9 Å². The van der Waals surface area contributed by atoms with Gasteiger partial charge in [0.1, 0.15) is 0 Å². The quantitative estimate of drug-likeness (QED) is 0.789. The van der Waals surface area contributed by atoms with Gasteiger partial charge in [-0.25, -0.2) is 4.98 Å². The molecule has 1 N–H and O–H groups in total. The summed E-state index contributed by atoms with van der Waals surface area (Å²) in [6.07, 6.45) is 9.33. The van der Waals surface area contributed by atoms with Crippen LogP contribution in [-0.2, 0) is 12.3 Å². The Labute approximate surface area is 130 Å². The highest BCUT2D eigenvalue weighted by molar-refractivity contribution is 7.98. The Kier molecular flexibility index (Phi) is 3.74. The minimum absolute atomic E-state index is 0.720. The molecule has 110 valence electrons. The van der Waals surface area contributed by atoms with Gasteiger partial charge in [0.2, 0.25) is 0 Å². The number of hydrogen-bond acceptors (Lipinski definition) is 3. The van der Waals surface area contributed by atoms with Gasteiger partial charge in [-0.2, -0.15) is 0 Å². The molecule has 4 heteroatoms. The highest BCUT2D eigenvalue weighted by Gasteiger charge is 2.25. The fourth-order valence-electron chi connectivity index (χ4n) is 2.58. The lowest BCUT2D eigenvalue weighted by Gasteiger charge is -2.08. The van der Waals surface area contributed by atoms with Crippen LogP contribution in [0.5, 0.6) is 0 Å². The monoisotopic (exact) mass is 299 g/mol. The number of benzene rings is 1. The molecule has 1 aromatic carbocycles. The summed E-state index contributed by atoms with van der Waals surface area (Å²) >= 11 is 1.91. The molecular formula is C17H21N3S. The zero-order valence-electron chi connectivity index (χ0n) is 12.2. The molecule has 2 fully saturated rings. The number of hydrogen-bond donors (Lipinski definition) is 1. The van der Waals surface area contributed by atoms with E-state index in [1.165, 1.54) is 41.8 Å². The van der Waals surface area contributed by atoms with Gasteiger partial charge in [-0.3, -0.25) is 0 Å². The molecule has 2 aromatic rings. The van der Waals surface area contributed by atoms with E-state index in [9.17, 15) is 0 Å². The van der Waals surface area contributed by atoms with Crippen molar-refractivity contribution in [3.63, 3.8) is 0 Å². The predicted molar refractivity (Wildman–Crippen MR) is 86.4 cm³/mol. The van der Waals surface area contributed by atoms with Gasteiger partial charge in [0.05, 0.1) is 6.33 Å². The summed E-state index contributed by atoms with van der Waals surface area (Å²) in [6, 6.07) is 10.4. The smallest absolute Gasteiger partial charge is 0.0951 e. The van der Waals surface area contributed by atoms with Gasteiger partial charge in [0, 0.05) is 41.2 Å². The highest BCUT2D eigenvalue weighted by Crippen LogP contribution is 2.36. The lowest BCUT2D eigenvalue weighted by molar-refractivity contribution is 0.687. The first kappa shape index (κ1) is 13.4. The van der Waals surface area contributed by atoms with Crippen LogP contribution in [0.4, 0.5) is 0 Å². The maximum absolute atomic E-state index is 4.31. The number of rotatable bonds is 7. The van der Waals surface area contributed by atoms with E-state index in [-0.39, 0.29) is 0 Å². The van der Waals surface area contributed by atoms with E-state index in [0.717, 1.165) is 24.4 Å². The molecule has 0 atom stereocenters. The zero-order chi connectivity index (χ0) is 14.1. The van der Waals surface area contributed by atoms with Crippen LogP contribution in [0.1, 0.15) is 43.0 Å². The molecule has 2 aliphatic rings. The van der Waals surface area contributed by atoms with Gasteiger partial charge in [0.15, 0.2) is 0 Å². The molecular weight excluding hydrogens is 278 g/mol. The average molecular weight is 299 g/mol. The van der Waals surface area contributed by atoms with Crippen molar-refractivity contribution in [3.8, 4) is 0 Å². The molecule has 0 saturated heterocycles. The van der Waals surface area contributed by atoms with E-state index >= 15 is 0 Å². The van der Waals surface area contributed by atoms with Crippen LogP contribution in [0.3, 0.4) is 0 Å². The third-order valence-electron chi connectivity index (χ3n) is 4.14. The Balaban J connectivity index is 1.37. The van der Waals surface area contributed by atoms with Crippen LogP contribution in [0.15, 0.2) is 41.7 Å². The lowest BCUT2D eigenvalue weighted by atomic mass is 10.2. The summed E-state index contributed by atoms with van der Waals surface area (Å²) < 4.78 is 2.35. The van der Waals surface area contributed by atoms with E-state index in [1.54, 1.807) is 0 Å². The molecule has 0 amide bonds. The Morgan fingerprint density at radius 2 is 2.14 bits per heavy atom. The van der Waals surface area contributed by atoms with Crippen molar-refractivity contribution in [1.29, 1.82) is 0 Å². The minimum Gasteiger partial charge on any atom is -0.331 e. The van der Waals surface area contributed by atoms with E-state index in [4.69, 9.17) is 0 Å². The first-order valence-electron chi connectivity index (χ1n) is 7.84. The van der Waals surface area contributed by atoms with Gasteiger partial charge in [-0.05, 0) is 43.4 Å². The number of thioether (sulfide) groups is 1. The number of aromatic nitrogens is 2. The van der Waals surface area contributed by atoms with Crippen molar-refractivity contribution in [3.05, 3.63) is 48.0 Å². The molecule has 3 nitrogen and oxygen atoms in total. The number of imidazole rings is 1. The van der Waals surface area contributed by atoms with Crippen LogP contribution < -0.4 is 5.32 Å². The Morgan fingerprint density at radius 1 is 1.24 bits per heavy atom. The Morgan fingerprint density at radius 3 is 2.95 bits per heavy atom. The Hall–Kier alpha value is -1.26. The SMILES string of the molecule is c1cc(CNC2CC2)cc(SCc2cncn2C2CC2)c1. The molecule has 0 unspecified atom stereocenters. The Bertz CT molecular complexity index is 614. The van der Waals surface area contributed by atoms with Crippen LogP contribution in [0, 0.1) is 0 Å². The van der Waals surface area contributed by atoms with Gasteiger partial charge >= 0.3 is 0 Å². The molecule has 0 bridgehead atoms. The number of nitrogens with zero attached hydrogens (tertiary/aromatic N) is 2. The van der Waals surface area contributed by atoms with E-state index in [2.05, 4.69) is 39.1 Å². The van der Waals surface area contributed by atoms with Crippen molar-refractivity contribution in [2.75, 3.05) is 0 Å². The van der Waals surface area contributed by atoms with Gasteiger partial charge in [0.25, 0.3) is 0 Å². The van der Waals surface area contributed by atoms with Crippen molar-refractivity contribution >= 4 is 11.8 Å². The van der Waals surface area contributed by atoms with E-state index in [0.29, 0.717) is 0 Å². The molecule has 0 spiro atoms. The summed E-state index contributed by atoms with van der Waals surface area (Å²) in [5.74, 6) is 1.01. The van der Waals surface area contributed by atoms with Crippen LogP contribution in [0.2, 0.25) is 0 Å². The van der Waals surface area contributed by atoms with Gasteiger partial charge < -0.3 is 9.88 Å². The number of nitrogens with one attached hydrogen (secondary N) is 1. The van der Waals surface area contributed by atoms with Gasteiger partial charge in [-0.1, -0.05) is 12.1 Å². The third kappa shape index (κ3) is 3.50. The summed E-state index contributed by atoms with van der Waals surface area (Å²) in [5, 5.41) is 3.58. The van der Waals surface area contributed by atoms with Crippen LogP contribution >= 0.6 is 11.8 Å². The van der Waals surface area contributed by atoms with Crippen molar-refractivity contribution < 1.29 is 0 Å². The largest absolute Gasteiger partial charge is 0.331 e. The van der Waals surface area contributed by atoms with Crippen LogP contribution in [0.25, 0.3) is 0 Å². The second kappa shape index (κ2) is 5.85. The van der Waals surface area contributed by atoms with E-state index < -0.39 is 0 Å². The lowest BCUT2D eigenvalue weighted by Crippen LogP contribution is -2.15. The summed E-state index contributed by atoms with van der Waals surface area (Å²) in [4.78, 5) is 5.66. The van der Waals surface area contributed by atoms with Crippen molar-refractivity contribution in [2.24, 2.45) is 0 Å². The van der Waals surface area contributed by atoms with Crippen molar-refractivity contribution in [1.82, 2.24) is 14.9 Å². The third-order valence-corrected chi connectivity index (χ3v) is 5.17. The highest BCUT2D eigenvalue weighted by atomic mass is 32.2. The van der Waals surface area contributed by atoms with Gasteiger partial charge in [-0.15, -0.1) is 11.8 Å². The molecule has 2 aliphatic carbocycles. The fraction of sp³-hybridized carbons (Fsp3) is 0.471. The first-order chi connectivity index (χ1) is 10.4. The van der Waals surface area contributed by atoms with E-state index in [1.807, 2.05) is 24.3 Å². The summed E-state index contributed by atoms with van der Waals surface area (Å²) in [6.45, 7) is 0.999. The zero-order valence-corrected chi connectivity index (χ0v) is 13.0. The summed E-state index contributed by atoms with van der Waals surface area (Å²) in [7, 11) is 0. The summed E-state index contributed by atoms with van der Waals surface area (Å²) in [5.41, 5.74) is 2.74. The normalized spacial score (nSPS) is 18.1. The van der Waals surface area contributed by atoms with Crippen LogP contribution in [-0.4, -0.2) is 15.6 Å².